The molecule has 7 heteroatoms. The van der Waals surface area contributed by atoms with Crippen molar-refractivity contribution in [2.45, 2.75) is 26.7 Å². The fourth-order valence-electron chi connectivity index (χ4n) is 2.42. The van der Waals surface area contributed by atoms with Gasteiger partial charge in [0.25, 0.3) is 5.91 Å². The largest absolute Gasteiger partial charge is 0.494 e. The summed E-state index contributed by atoms with van der Waals surface area (Å²) in [5.74, 6) is -0.570. The lowest BCUT2D eigenvalue weighted by atomic mass is 10.1. The zero-order valence-corrected chi connectivity index (χ0v) is 14.9. The molecule has 134 valence electrons. The summed E-state index contributed by atoms with van der Waals surface area (Å²) >= 11 is 6.01. The summed E-state index contributed by atoms with van der Waals surface area (Å²) < 4.78 is 10.9. The van der Waals surface area contributed by atoms with Crippen LogP contribution in [0.5, 0.6) is 5.75 Å². The number of carbonyl (C=O) groups is 2. The van der Waals surface area contributed by atoms with Crippen LogP contribution in [0.4, 0.5) is 0 Å². The van der Waals surface area contributed by atoms with Gasteiger partial charge in [0.1, 0.15) is 17.1 Å². The van der Waals surface area contributed by atoms with E-state index in [9.17, 15) is 9.59 Å². The minimum absolute atomic E-state index is 0.00891. The van der Waals surface area contributed by atoms with Crippen molar-refractivity contribution in [1.82, 2.24) is 5.32 Å². The predicted octanol–water partition coefficient (Wildman–Crippen LogP) is 3.56. The van der Waals surface area contributed by atoms with E-state index in [1.165, 1.54) is 6.07 Å². The number of halogens is 1. The highest BCUT2D eigenvalue weighted by Crippen LogP contribution is 2.23. The van der Waals surface area contributed by atoms with Gasteiger partial charge < -0.3 is 19.6 Å². The van der Waals surface area contributed by atoms with E-state index in [0.717, 1.165) is 11.3 Å². The van der Waals surface area contributed by atoms with Crippen molar-refractivity contribution < 1.29 is 23.8 Å². The molecule has 0 fully saturated rings. The fraction of sp³-hybridized carbons (Fsp3) is 0.333. The van der Waals surface area contributed by atoms with Crippen molar-refractivity contribution in [3.05, 3.63) is 51.9 Å². The van der Waals surface area contributed by atoms with E-state index in [-0.39, 0.29) is 17.1 Å². The van der Waals surface area contributed by atoms with Crippen LogP contribution in [0, 0.1) is 0 Å². The fourth-order valence-corrected chi connectivity index (χ4v) is 2.62. The summed E-state index contributed by atoms with van der Waals surface area (Å²) in [6, 6.07) is 6.59. The van der Waals surface area contributed by atoms with Gasteiger partial charge in [-0.15, -0.1) is 0 Å². The Morgan fingerprint density at radius 3 is 2.64 bits per heavy atom. The van der Waals surface area contributed by atoms with Crippen LogP contribution in [0.1, 0.15) is 46.1 Å². The predicted molar refractivity (Wildman–Crippen MR) is 93.7 cm³/mol. The third-order valence-electron chi connectivity index (χ3n) is 3.59. The molecule has 2 N–H and O–H groups in total. The molecule has 1 amide bonds. The van der Waals surface area contributed by atoms with Crippen LogP contribution in [0.3, 0.4) is 0 Å². The molecule has 0 unspecified atom stereocenters. The first-order valence-corrected chi connectivity index (χ1v) is 8.39. The number of carboxylic acids is 1. The second-order valence-electron chi connectivity index (χ2n) is 5.30. The molecule has 0 saturated heterocycles. The number of carbonyl (C=O) groups excluding carboxylic acids is 1. The lowest BCUT2D eigenvalue weighted by Crippen LogP contribution is -2.25. The van der Waals surface area contributed by atoms with Crippen molar-refractivity contribution in [2.24, 2.45) is 0 Å². The van der Waals surface area contributed by atoms with Crippen LogP contribution in [-0.4, -0.2) is 30.1 Å². The molecule has 0 aliphatic carbocycles. The number of hydrogen-bond acceptors (Lipinski definition) is 4. The van der Waals surface area contributed by atoms with Crippen LogP contribution in [0.2, 0.25) is 5.02 Å². The summed E-state index contributed by atoms with van der Waals surface area (Å²) in [5.41, 5.74) is 0.899. The Bertz CT molecular complexity index is 769. The number of furan rings is 1. The van der Waals surface area contributed by atoms with Crippen LogP contribution >= 0.6 is 11.6 Å². The molecule has 2 aromatic rings. The molecule has 1 heterocycles. The molecule has 0 saturated carbocycles. The van der Waals surface area contributed by atoms with Crippen LogP contribution < -0.4 is 10.1 Å². The number of aromatic carboxylic acids is 1. The van der Waals surface area contributed by atoms with E-state index in [0.29, 0.717) is 31.0 Å². The monoisotopic (exact) mass is 365 g/mol. The second kappa shape index (κ2) is 8.58. The van der Waals surface area contributed by atoms with Gasteiger partial charge in [-0.3, -0.25) is 4.79 Å². The molecule has 0 aliphatic rings. The highest BCUT2D eigenvalue weighted by molar-refractivity contribution is 6.30. The van der Waals surface area contributed by atoms with E-state index in [1.54, 1.807) is 25.1 Å². The van der Waals surface area contributed by atoms with Crippen LogP contribution in [0.25, 0.3) is 0 Å². The first kappa shape index (κ1) is 18.9. The molecule has 25 heavy (non-hydrogen) atoms. The molecule has 1 aromatic heterocycles. The third kappa shape index (κ3) is 4.76. The van der Waals surface area contributed by atoms with Gasteiger partial charge in [-0.1, -0.05) is 18.5 Å². The Morgan fingerprint density at radius 2 is 2.04 bits per heavy atom. The van der Waals surface area contributed by atoms with Crippen molar-refractivity contribution >= 4 is 23.5 Å². The molecule has 2 rings (SSSR count). The van der Waals surface area contributed by atoms with Gasteiger partial charge in [-0.2, -0.15) is 0 Å². The maximum atomic E-state index is 12.2. The number of carboxylic acid groups (broad SMARTS) is 1. The number of ether oxygens (including phenoxy) is 1. The average Bonchev–Trinajstić information content (AvgIpc) is 3.02. The van der Waals surface area contributed by atoms with E-state index in [2.05, 4.69) is 5.32 Å². The van der Waals surface area contributed by atoms with Crippen molar-refractivity contribution in [1.29, 1.82) is 0 Å². The maximum Gasteiger partial charge on any atom is 0.339 e. The first-order valence-electron chi connectivity index (χ1n) is 8.01. The van der Waals surface area contributed by atoms with Gasteiger partial charge >= 0.3 is 5.97 Å². The van der Waals surface area contributed by atoms with Crippen molar-refractivity contribution in [2.75, 3.05) is 13.2 Å². The number of hydrogen-bond donors (Lipinski definition) is 2. The van der Waals surface area contributed by atoms with E-state index >= 15 is 0 Å². The van der Waals surface area contributed by atoms with Gasteiger partial charge in [0, 0.05) is 24.1 Å². The van der Waals surface area contributed by atoms with Gasteiger partial charge in [0.15, 0.2) is 5.76 Å². The summed E-state index contributed by atoms with van der Waals surface area (Å²) in [6.07, 6.45) is 0.921. The Kier molecular flexibility index (Phi) is 6.47. The summed E-state index contributed by atoms with van der Waals surface area (Å²) in [7, 11) is 0. The van der Waals surface area contributed by atoms with E-state index in [4.69, 9.17) is 25.9 Å². The molecular weight excluding hydrogens is 346 g/mol. The molecule has 0 aliphatic heterocycles. The molecule has 0 atom stereocenters. The summed E-state index contributed by atoms with van der Waals surface area (Å²) in [6.45, 7) is 4.53. The zero-order chi connectivity index (χ0) is 18.4. The first-order chi connectivity index (χ1) is 12.0. The molecule has 1 aromatic carbocycles. The average molecular weight is 366 g/mol. The molecule has 6 nitrogen and oxygen atoms in total. The minimum atomic E-state index is -1.11. The van der Waals surface area contributed by atoms with Gasteiger partial charge in [0.05, 0.1) is 6.61 Å². The third-order valence-corrected chi connectivity index (χ3v) is 3.82. The number of nitrogens with one attached hydrogen (secondary N) is 1. The Balaban J connectivity index is 2.01. The van der Waals surface area contributed by atoms with Crippen molar-refractivity contribution in [3.8, 4) is 5.75 Å². The topological polar surface area (TPSA) is 88.8 Å². The second-order valence-corrected chi connectivity index (χ2v) is 5.73. The van der Waals surface area contributed by atoms with E-state index < -0.39 is 11.9 Å². The van der Waals surface area contributed by atoms with Crippen LogP contribution in [-0.2, 0) is 12.8 Å². The lowest BCUT2D eigenvalue weighted by Gasteiger charge is -2.11. The summed E-state index contributed by atoms with van der Waals surface area (Å²) in [4.78, 5) is 23.3. The van der Waals surface area contributed by atoms with Crippen LogP contribution in [0.15, 0.2) is 28.7 Å². The molecular formula is C18H20ClNO5. The minimum Gasteiger partial charge on any atom is -0.494 e. The molecule has 0 radical (unpaired) electrons. The van der Waals surface area contributed by atoms with Gasteiger partial charge in [-0.25, -0.2) is 4.79 Å². The standard InChI is InChI=1S/C18H20ClNO5/c1-3-14-13(18(22)23)10-16(25-14)17(21)20-8-7-11-9-12(19)5-6-15(11)24-4-2/h5-6,9-10H,3-4,7-8H2,1-2H3,(H,20,21)(H,22,23). The van der Waals surface area contributed by atoms with Gasteiger partial charge in [-0.05, 0) is 37.1 Å². The summed E-state index contributed by atoms with van der Waals surface area (Å²) in [5, 5.41) is 12.4. The molecule has 0 spiro atoms. The number of benzene rings is 1. The Morgan fingerprint density at radius 1 is 1.28 bits per heavy atom. The van der Waals surface area contributed by atoms with E-state index in [1.807, 2.05) is 6.92 Å². The normalized spacial score (nSPS) is 10.5. The number of rotatable bonds is 8. The highest BCUT2D eigenvalue weighted by atomic mass is 35.5. The SMILES string of the molecule is CCOc1ccc(Cl)cc1CCNC(=O)c1cc(C(=O)O)c(CC)o1. The highest BCUT2D eigenvalue weighted by Gasteiger charge is 2.19. The molecule has 0 bridgehead atoms. The Hall–Kier alpha value is -2.47. The maximum absolute atomic E-state index is 12.2. The van der Waals surface area contributed by atoms with Gasteiger partial charge in [0.2, 0.25) is 0 Å². The Labute approximate surface area is 150 Å². The lowest BCUT2D eigenvalue weighted by molar-refractivity contribution is 0.0694. The quantitative estimate of drug-likeness (QED) is 0.746. The smallest absolute Gasteiger partial charge is 0.339 e. The number of amides is 1. The van der Waals surface area contributed by atoms with Crippen molar-refractivity contribution in [3.63, 3.8) is 0 Å². The zero-order valence-electron chi connectivity index (χ0n) is 14.1. The number of aryl methyl sites for hydroxylation is 1.